The zero-order chi connectivity index (χ0) is 11.9. The van der Waals surface area contributed by atoms with Crippen LogP contribution in [0.4, 0.5) is 0 Å². The molecule has 0 N–H and O–H groups in total. The van der Waals surface area contributed by atoms with Gasteiger partial charge in [0.15, 0.2) is 0 Å². The zero-order valence-electron chi connectivity index (χ0n) is 9.89. The van der Waals surface area contributed by atoms with E-state index >= 15 is 0 Å². The molecular formula is C13H14ClNO. The molecule has 0 fully saturated rings. The Kier molecular flexibility index (Phi) is 2.76. The standard InChI is InChI=1S/C13H14ClNO/c1-7-5-11(6-12(14)8(7)2)13-9(3)15-16-10(13)4/h5-6H,1-4H3. The van der Waals surface area contributed by atoms with Gasteiger partial charge in [-0.3, -0.25) is 0 Å². The Labute approximate surface area is 100 Å². The quantitative estimate of drug-likeness (QED) is 0.739. The lowest BCUT2D eigenvalue weighted by Gasteiger charge is -2.07. The van der Waals surface area contributed by atoms with E-state index in [0.29, 0.717) is 0 Å². The molecule has 1 aromatic heterocycles. The molecule has 0 aliphatic heterocycles. The normalized spacial score (nSPS) is 10.8. The molecule has 0 aliphatic carbocycles. The average Bonchev–Trinajstić information content (AvgIpc) is 2.54. The van der Waals surface area contributed by atoms with Crippen molar-refractivity contribution in [1.29, 1.82) is 0 Å². The summed E-state index contributed by atoms with van der Waals surface area (Å²) in [4.78, 5) is 0. The van der Waals surface area contributed by atoms with Crippen LogP contribution < -0.4 is 0 Å². The molecule has 16 heavy (non-hydrogen) atoms. The van der Waals surface area contributed by atoms with Crippen molar-refractivity contribution in [2.24, 2.45) is 0 Å². The van der Waals surface area contributed by atoms with Crippen LogP contribution in [0, 0.1) is 27.7 Å². The number of benzene rings is 1. The second-order valence-corrected chi connectivity index (χ2v) is 4.51. The van der Waals surface area contributed by atoms with Crippen molar-refractivity contribution in [2.45, 2.75) is 27.7 Å². The summed E-state index contributed by atoms with van der Waals surface area (Å²) in [6.07, 6.45) is 0. The van der Waals surface area contributed by atoms with E-state index in [9.17, 15) is 0 Å². The van der Waals surface area contributed by atoms with Crippen LogP contribution in [0.2, 0.25) is 5.02 Å². The Morgan fingerprint density at radius 2 is 1.81 bits per heavy atom. The molecule has 0 saturated heterocycles. The highest BCUT2D eigenvalue weighted by molar-refractivity contribution is 6.31. The zero-order valence-corrected chi connectivity index (χ0v) is 10.6. The summed E-state index contributed by atoms with van der Waals surface area (Å²) >= 11 is 6.19. The molecule has 1 heterocycles. The first kappa shape index (κ1) is 11.2. The largest absolute Gasteiger partial charge is 0.361 e. The van der Waals surface area contributed by atoms with Crippen LogP contribution in [0.25, 0.3) is 11.1 Å². The lowest BCUT2D eigenvalue weighted by atomic mass is 9.99. The molecule has 2 rings (SSSR count). The van der Waals surface area contributed by atoms with Crippen LogP contribution in [0.5, 0.6) is 0 Å². The van der Waals surface area contributed by atoms with Gasteiger partial charge in [0, 0.05) is 10.6 Å². The third-order valence-corrected chi connectivity index (χ3v) is 3.32. The van der Waals surface area contributed by atoms with E-state index < -0.39 is 0 Å². The number of halogens is 1. The molecule has 0 radical (unpaired) electrons. The minimum Gasteiger partial charge on any atom is -0.361 e. The maximum absolute atomic E-state index is 6.19. The van der Waals surface area contributed by atoms with Gasteiger partial charge in [-0.15, -0.1) is 0 Å². The molecule has 0 unspecified atom stereocenters. The molecule has 3 heteroatoms. The van der Waals surface area contributed by atoms with Gasteiger partial charge in [0.1, 0.15) is 5.76 Å². The monoisotopic (exact) mass is 235 g/mol. The third-order valence-electron chi connectivity index (χ3n) is 2.93. The van der Waals surface area contributed by atoms with Crippen LogP contribution >= 0.6 is 11.6 Å². The molecule has 84 valence electrons. The number of hydrogen-bond donors (Lipinski definition) is 0. The SMILES string of the molecule is Cc1cc(-c2c(C)noc2C)cc(Cl)c1C. The van der Waals surface area contributed by atoms with Crippen molar-refractivity contribution < 1.29 is 4.52 Å². The molecule has 0 aliphatic rings. The van der Waals surface area contributed by atoms with Gasteiger partial charge in [0.05, 0.1) is 5.69 Å². The van der Waals surface area contributed by atoms with E-state index in [4.69, 9.17) is 16.1 Å². The van der Waals surface area contributed by atoms with Gasteiger partial charge in [-0.2, -0.15) is 0 Å². The maximum atomic E-state index is 6.19. The minimum absolute atomic E-state index is 0.787. The first-order chi connectivity index (χ1) is 7.50. The minimum atomic E-state index is 0.787. The number of nitrogens with zero attached hydrogens (tertiary/aromatic N) is 1. The molecule has 0 saturated carbocycles. The Morgan fingerprint density at radius 1 is 1.12 bits per heavy atom. The van der Waals surface area contributed by atoms with E-state index in [-0.39, 0.29) is 0 Å². The van der Waals surface area contributed by atoms with Crippen LogP contribution in [0.15, 0.2) is 16.7 Å². The van der Waals surface area contributed by atoms with Crippen LogP contribution in [0.1, 0.15) is 22.6 Å². The summed E-state index contributed by atoms with van der Waals surface area (Å²) in [5.41, 5.74) is 5.32. The van der Waals surface area contributed by atoms with Gasteiger partial charge in [-0.05, 0) is 50.5 Å². The van der Waals surface area contributed by atoms with E-state index in [1.807, 2.05) is 26.8 Å². The topological polar surface area (TPSA) is 26.0 Å². The molecular weight excluding hydrogens is 222 g/mol. The smallest absolute Gasteiger partial charge is 0.141 e. The van der Waals surface area contributed by atoms with Crippen molar-refractivity contribution >= 4 is 11.6 Å². The predicted molar refractivity (Wildman–Crippen MR) is 65.9 cm³/mol. The molecule has 2 aromatic rings. The van der Waals surface area contributed by atoms with Gasteiger partial charge in [0.25, 0.3) is 0 Å². The Balaban J connectivity index is 2.66. The van der Waals surface area contributed by atoms with Crippen LogP contribution in [0.3, 0.4) is 0 Å². The van der Waals surface area contributed by atoms with Gasteiger partial charge in [0.2, 0.25) is 0 Å². The van der Waals surface area contributed by atoms with Crippen molar-refractivity contribution in [2.75, 3.05) is 0 Å². The summed E-state index contributed by atoms with van der Waals surface area (Å²) in [5.74, 6) is 0.830. The number of aryl methyl sites for hydroxylation is 3. The Hall–Kier alpha value is -1.28. The highest BCUT2D eigenvalue weighted by atomic mass is 35.5. The van der Waals surface area contributed by atoms with Gasteiger partial charge in [-0.25, -0.2) is 0 Å². The van der Waals surface area contributed by atoms with E-state index in [2.05, 4.69) is 18.1 Å². The van der Waals surface area contributed by atoms with Crippen molar-refractivity contribution in [3.63, 3.8) is 0 Å². The lowest BCUT2D eigenvalue weighted by Crippen LogP contribution is -1.87. The Bertz CT molecular complexity index is 500. The number of hydrogen-bond acceptors (Lipinski definition) is 2. The van der Waals surface area contributed by atoms with Crippen LogP contribution in [-0.4, -0.2) is 5.16 Å². The number of rotatable bonds is 1. The van der Waals surface area contributed by atoms with Gasteiger partial charge >= 0.3 is 0 Å². The molecule has 1 aromatic carbocycles. The maximum Gasteiger partial charge on any atom is 0.141 e. The van der Waals surface area contributed by atoms with Crippen LogP contribution in [-0.2, 0) is 0 Å². The summed E-state index contributed by atoms with van der Waals surface area (Å²) in [7, 11) is 0. The highest BCUT2D eigenvalue weighted by Crippen LogP contribution is 2.31. The lowest BCUT2D eigenvalue weighted by molar-refractivity contribution is 0.393. The Morgan fingerprint density at radius 3 is 2.31 bits per heavy atom. The highest BCUT2D eigenvalue weighted by Gasteiger charge is 2.13. The molecule has 0 atom stereocenters. The predicted octanol–water partition coefficient (Wildman–Crippen LogP) is 4.23. The molecule has 0 bridgehead atoms. The van der Waals surface area contributed by atoms with Crippen molar-refractivity contribution in [1.82, 2.24) is 5.16 Å². The van der Waals surface area contributed by atoms with E-state index in [1.54, 1.807) is 0 Å². The summed E-state index contributed by atoms with van der Waals surface area (Å²) in [6.45, 7) is 7.94. The fraction of sp³-hybridized carbons (Fsp3) is 0.308. The third kappa shape index (κ3) is 1.74. The fourth-order valence-electron chi connectivity index (χ4n) is 1.86. The second-order valence-electron chi connectivity index (χ2n) is 4.10. The summed E-state index contributed by atoms with van der Waals surface area (Å²) < 4.78 is 5.17. The van der Waals surface area contributed by atoms with Gasteiger partial charge < -0.3 is 4.52 Å². The first-order valence-corrected chi connectivity index (χ1v) is 5.58. The molecule has 0 spiro atoms. The fourth-order valence-corrected chi connectivity index (χ4v) is 2.12. The second kappa shape index (κ2) is 3.95. The molecule has 0 amide bonds. The van der Waals surface area contributed by atoms with E-state index in [1.165, 1.54) is 5.56 Å². The average molecular weight is 236 g/mol. The number of aromatic nitrogens is 1. The van der Waals surface area contributed by atoms with Gasteiger partial charge in [-0.1, -0.05) is 22.8 Å². The first-order valence-electron chi connectivity index (χ1n) is 5.20. The van der Waals surface area contributed by atoms with E-state index in [0.717, 1.165) is 33.2 Å². The van der Waals surface area contributed by atoms with Crippen molar-refractivity contribution in [3.05, 3.63) is 39.7 Å². The summed E-state index contributed by atoms with van der Waals surface area (Å²) in [5, 5.41) is 4.74. The van der Waals surface area contributed by atoms with Crippen molar-refractivity contribution in [3.8, 4) is 11.1 Å². The summed E-state index contributed by atoms with van der Waals surface area (Å²) in [6, 6.07) is 4.09. The molecule has 2 nitrogen and oxygen atoms in total.